The summed E-state index contributed by atoms with van der Waals surface area (Å²) in [6.45, 7) is 7.20. The molecule has 0 saturated heterocycles. The van der Waals surface area contributed by atoms with Gasteiger partial charge in [0, 0.05) is 25.2 Å². The van der Waals surface area contributed by atoms with E-state index in [1.165, 1.54) is 36.2 Å². The van der Waals surface area contributed by atoms with Crippen LogP contribution in [0, 0.1) is 0 Å². The smallest absolute Gasteiger partial charge is 0.321 e. The first kappa shape index (κ1) is 22.1. The van der Waals surface area contributed by atoms with Gasteiger partial charge in [0.15, 0.2) is 6.61 Å². The fraction of sp³-hybridized carbons (Fsp3) is 0.412. The van der Waals surface area contributed by atoms with Crippen LogP contribution in [0.2, 0.25) is 5.02 Å². The van der Waals surface area contributed by atoms with E-state index in [0.717, 1.165) is 9.88 Å². The number of sulfonamides is 1. The Hall–Kier alpha value is -1.90. The predicted octanol–water partition coefficient (Wildman–Crippen LogP) is 1.93. The van der Waals surface area contributed by atoms with Gasteiger partial charge in [0.25, 0.3) is 5.91 Å². The molecule has 0 heterocycles. The van der Waals surface area contributed by atoms with Crippen molar-refractivity contribution in [3.05, 3.63) is 41.4 Å². The van der Waals surface area contributed by atoms with Crippen LogP contribution >= 0.6 is 11.6 Å². The van der Waals surface area contributed by atoms with Gasteiger partial charge in [0.2, 0.25) is 10.0 Å². The molecule has 1 amide bonds. The molecule has 0 spiro atoms. The lowest BCUT2D eigenvalue weighted by molar-refractivity contribution is -0.151. The second-order valence-corrected chi connectivity index (χ2v) is 8.22. The third-order valence-electron chi connectivity index (χ3n) is 3.43. The fourth-order valence-electron chi connectivity index (χ4n) is 2.03. The minimum atomic E-state index is -3.86. The lowest BCUT2D eigenvalue weighted by Crippen LogP contribution is -2.37. The molecule has 0 unspecified atom stereocenters. The summed E-state index contributed by atoms with van der Waals surface area (Å²) in [7, 11) is -2.60. The Kier molecular flexibility index (Phi) is 8.26. The summed E-state index contributed by atoms with van der Waals surface area (Å²) >= 11 is 5.74. The van der Waals surface area contributed by atoms with E-state index in [1.807, 2.05) is 0 Å². The number of benzene rings is 1. The molecule has 9 heteroatoms. The second kappa shape index (κ2) is 9.70. The van der Waals surface area contributed by atoms with Gasteiger partial charge in [-0.1, -0.05) is 23.8 Å². The van der Waals surface area contributed by atoms with E-state index >= 15 is 0 Å². The average Bonchev–Trinajstić information content (AvgIpc) is 2.57. The molecular formula is C17H23ClN2O5S. The summed E-state index contributed by atoms with van der Waals surface area (Å²) in [6.07, 6.45) is 0. The molecule has 0 aromatic heterocycles. The minimum absolute atomic E-state index is 0.00638. The Morgan fingerprint density at radius 2 is 1.77 bits per heavy atom. The number of hydrogen-bond acceptors (Lipinski definition) is 5. The van der Waals surface area contributed by atoms with Gasteiger partial charge in [0.05, 0.1) is 4.90 Å². The Bertz CT molecular complexity index is 762. The number of amides is 1. The van der Waals surface area contributed by atoms with Crippen molar-refractivity contribution in [1.82, 2.24) is 9.21 Å². The minimum Gasteiger partial charge on any atom is -0.455 e. The highest BCUT2D eigenvalue weighted by Gasteiger charge is 2.24. The van der Waals surface area contributed by atoms with E-state index in [2.05, 4.69) is 6.58 Å². The van der Waals surface area contributed by atoms with Gasteiger partial charge in [-0.2, -0.15) is 4.31 Å². The summed E-state index contributed by atoms with van der Waals surface area (Å²) in [5.74, 6) is -1.18. The molecule has 7 nitrogen and oxygen atoms in total. The van der Waals surface area contributed by atoms with Crippen LogP contribution in [0.5, 0.6) is 0 Å². The molecule has 0 atom stereocenters. The van der Waals surface area contributed by atoms with Crippen LogP contribution in [0.4, 0.5) is 0 Å². The standard InChI is InChI=1S/C17H23ClN2O5S/c1-5-20(10-13(2)3)16(21)12-25-17(22)11-19(4)26(23,24)15-8-6-14(18)7-9-15/h6-9H,2,5,10-12H2,1,3-4H3. The first-order chi connectivity index (χ1) is 12.1. The van der Waals surface area contributed by atoms with E-state index in [4.69, 9.17) is 16.3 Å². The monoisotopic (exact) mass is 402 g/mol. The topological polar surface area (TPSA) is 84.0 Å². The number of carbonyl (C=O) groups excluding carboxylic acids is 2. The normalized spacial score (nSPS) is 11.3. The number of nitrogens with zero attached hydrogens (tertiary/aromatic N) is 2. The van der Waals surface area contributed by atoms with Gasteiger partial charge in [-0.15, -0.1) is 0 Å². The van der Waals surface area contributed by atoms with Gasteiger partial charge in [-0.25, -0.2) is 8.42 Å². The number of esters is 1. The maximum Gasteiger partial charge on any atom is 0.321 e. The van der Waals surface area contributed by atoms with Crippen molar-refractivity contribution in [2.75, 3.05) is 33.3 Å². The van der Waals surface area contributed by atoms with Gasteiger partial charge >= 0.3 is 5.97 Å². The molecule has 26 heavy (non-hydrogen) atoms. The fourth-order valence-corrected chi connectivity index (χ4v) is 3.28. The van der Waals surface area contributed by atoms with Crippen molar-refractivity contribution in [3.8, 4) is 0 Å². The van der Waals surface area contributed by atoms with Crippen LogP contribution in [0.1, 0.15) is 13.8 Å². The van der Waals surface area contributed by atoms with Gasteiger partial charge in [0.1, 0.15) is 6.54 Å². The quantitative estimate of drug-likeness (QED) is 0.465. The van der Waals surface area contributed by atoms with Crippen LogP contribution in [0.25, 0.3) is 0 Å². The highest BCUT2D eigenvalue weighted by Crippen LogP contribution is 2.17. The zero-order chi connectivity index (χ0) is 19.9. The van der Waals surface area contributed by atoms with E-state index in [9.17, 15) is 18.0 Å². The van der Waals surface area contributed by atoms with Crippen LogP contribution in [0.3, 0.4) is 0 Å². The van der Waals surface area contributed by atoms with Crippen LogP contribution < -0.4 is 0 Å². The summed E-state index contributed by atoms with van der Waals surface area (Å²) < 4.78 is 30.5. The lowest BCUT2D eigenvalue weighted by Gasteiger charge is -2.21. The highest BCUT2D eigenvalue weighted by atomic mass is 35.5. The van der Waals surface area contributed by atoms with Crippen LogP contribution in [0.15, 0.2) is 41.3 Å². The average molecular weight is 403 g/mol. The lowest BCUT2D eigenvalue weighted by atomic mass is 10.3. The summed E-state index contributed by atoms with van der Waals surface area (Å²) in [5, 5.41) is 0.403. The molecule has 1 aromatic rings. The third-order valence-corrected chi connectivity index (χ3v) is 5.50. The van der Waals surface area contributed by atoms with Crippen molar-refractivity contribution in [3.63, 3.8) is 0 Å². The SMILES string of the molecule is C=C(C)CN(CC)C(=O)COC(=O)CN(C)S(=O)(=O)c1ccc(Cl)cc1. The van der Waals surface area contributed by atoms with E-state index in [0.29, 0.717) is 18.1 Å². The molecule has 144 valence electrons. The first-order valence-electron chi connectivity index (χ1n) is 7.87. The van der Waals surface area contributed by atoms with Crippen molar-refractivity contribution < 1.29 is 22.7 Å². The maximum absolute atomic E-state index is 12.4. The molecular weight excluding hydrogens is 380 g/mol. The molecule has 0 aliphatic rings. The van der Waals surface area contributed by atoms with Crippen molar-refractivity contribution in [2.24, 2.45) is 0 Å². The Balaban J connectivity index is 2.62. The number of likely N-dealkylation sites (N-methyl/N-ethyl adjacent to an activating group) is 2. The Morgan fingerprint density at radius 3 is 2.27 bits per heavy atom. The van der Waals surface area contributed by atoms with E-state index in [-0.39, 0.29) is 10.8 Å². The van der Waals surface area contributed by atoms with Crippen LogP contribution in [-0.2, 0) is 24.3 Å². The number of hydrogen-bond donors (Lipinski definition) is 0. The molecule has 0 radical (unpaired) electrons. The third kappa shape index (κ3) is 6.44. The Labute approximate surface area is 159 Å². The second-order valence-electron chi connectivity index (χ2n) is 5.74. The predicted molar refractivity (Wildman–Crippen MR) is 99.3 cm³/mol. The number of carbonyl (C=O) groups is 2. The highest BCUT2D eigenvalue weighted by molar-refractivity contribution is 7.89. The number of rotatable bonds is 9. The molecule has 0 saturated carbocycles. The van der Waals surface area contributed by atoms with Crippen molar-refractivity contribution in [1.29, 1.82) is 0 Å². The van der Waals surface area contributed by atoms with Gasteiger partial charge < -0.3 is 9.64 Å². The maximum atomic E-state index is 12.4. The molecule has 0 fully saturated rings. The molecule has 1 rings (SSSR count). The van der Waals surface area contributed by atoms with Crippen LogP contribution in [-0.4, -0.2) is 62.8 Å². The molecule has 0 bridgehead atoms. The molecule has 1 aromatic carbocycles. The molecule has 0 aliphatic heterocycles. The molecule has 0 N–H and O–H groups in total. The zero-order valence-electron chi connectivity index (χ0n) is 15.1. The van der Waals surface area contributed by atoms with Gasteiger partial charge in [-0.3, -0.25) is 9.59 Å². The number of halogens is 1. The van der Waals surface area contributed by atoms with Crippen molar-refractivity contribution in [2.45, 2.75) is 18.7 Å². The first-order valence-corrected chi connectivity index (χ1v) is 9.69. The zero-order valence-corrected chi connectivity index (χ0v) is 16.6. The van der Waals surface area contributed by atoms with Crippen molar-refractivity contribution >= 4 is 33.5 Å². The van der Waals surface area contributed by atoms with E-state index in [1.54, 1.807) is 13.8 Å². The van der Waals surface area contributed by atoms with Gasteiger partial charge in [-0.05, 0) is 38.1 Å². The summed E-state index contributed by atoms with van der Waals surface area (Å²) in [5.41, 5.74) is 0.806. The van der Waals surface area contributed by atoms with E-state index < -0.39 is 29.1 Å². The summed E-state index contributed by atoms with van der Waals surface area (Å²) in [4.78, 5) is 25.4. The summed E-state index contributed by atoms with van der Waals surface area (Å²) in [6, 6.07) is 5.58. The molecule has 0 aliphatic carbocycles. The number of ether oxygens (including phenoxy) is 1. The largest absolute Gasteiger partial charge is 0.455 e. The Morgan fingerprint density at radius 1 is 1.19 bits per heavy atom.